The Hall–Kier alpha value is -1.59. The average Bonchev–Trinajstić information content (AvgIpc) is 2.42. The number of benzene rings is 1. The van der Waals surface area contributed by atoms with Crippen molar-refractivity contribution in [2.24, 2.45) is 0 Å². The molecule has 0 aliphatic heterocycles. The van der Waals surface area contributed by atoms with E-state index in [0.717, 1.165) is 0 Å². The molecule has 0 unspecified atom stereocenters. The van der Waals surface area contributed by atoms with Crippen LogP contribution in [0.5, 0.6) is 11.6 Å². The summed E-state index contributed by atoms with van der Waals surface area (Å²) in [5, 5.41) is 0.304. The van der Waals surface area contributed by atoms with Crippen molar-refractivity contribution in [2.75, 3.05) is 7.11 Å². The number of halogens is 3. The maximum absolute atomic E-state index is 14.2. The lowest BCUT2D eigenvalue weighted by Crippen LogP contribution is -2.06. The topological polar surface area (TPSA) is 44.2 Å². The molecule has 0 atom stereocenters. The van der Waals surface area contributed by atoms with Crippen LogP contribution in [0.15, 0.2) is 18.5 Å². The van der Waals surface area contributed by atoms with Gasteiger partial charge in [-0.3, -0.25) is 0 Å². The molecule has 21 heavy (non-hydrogen) atoms. The summed E-state index contributed by atoms with van der Waals surface area (Å²) in [5.74, 6) is -0.0298. The molecule has 1 aromatic carbocycles. The van der Waals surface area contributed by atoms with Crippen molar-refractivity contribution < 1.29 is 13.9 Å². The van der Waals surface area contributed by atoms with Crippen molar-refractivity contribution >= 4 is 23.2 Å². The number of hydrogen-bond donors (Lipinski definition) is 0. The molecule has 0 saturated heterocycles. The Balaban J connectivity index is 2.58. The standard InChI is InChI=1S/C14H13Cl2FN2O2/c1-7(2)21-11-4-8(10(17)5-9(11)15)13-12(16)14(20-3)19-6-18-13/h4-7H,1-3H3. The van der Waals surface area contributed by atoms with Crippen LogP contribution in [0.4, 0.5) is 4.39 Å². The monoisotopic (exact) mass is 330 g/mol. The van der Waals surface area contributed by atoms with E-state index in [0.29, 0.717) is 5.75 Å². The molecular weight excluding hydrogens is 318 g/mol. The van der Waals surface area contributed by atoms with E-state index in [4.69, 9.17) is 32.7 Å². The van der Waals surface area contributed by atoms with Crippen LogP contribution in [0.3, 0.4) is 0 Å². The van der Waals surface area contributed by atoms with E-state index in [-0.39, 0.29) is 33.3 Å². The molecule has 2 aromatic rings. The molecule has 0 N–H and O–H groups in total. The number of methoxy groups -OCH3 is 1. The second-order valence-electron chi connectivity index (χ2n) is 4.47. The second kappa shape index (κ2) is 6.45. The van der Waals surface area contributed by atoms with Crippen molar-refractivity contribution in [3.63, 3.8) is 0 Å². The number of hydrogen-bond acceptors (Lipinski definition) is 4. The van der Waals surface area contributed by atoms with E-state index in [1.165, 1.54) is 25.6 Å². The third kappa shape index (κ3) is 3.36. The van der Waals surface area contributed by atoms with Crippen molar-refractivity contribution in [3.8, 4) is 22.9 Å². The number of ether oxygens (including phenoxy) is 2. The van der Waals surface area contributed by atoms with Gasteiger partial charge in [0.2, 0.25) is 5.88 Å². The van der Waals surface area contributed by atoms with Gasteiger partial charge < -0.3 is 9.47 Å². The highest BCUT2D eigenvalue weighted by Crippen LogP contribution is 2.37. The lowest BCUT2D eigenvalue weighted by atomic mass is 10.1. The van der Waals surface area contributed by atoms with E-state index in [9.17, 15) is 4.39 Å². The maximum atomic E-state index is 14.2. The van der Waals surface area contributed by atoms with E-state index in [2.05, 4.69) is 9.97 Å². The zero-order chi connectivity index (χ0) is 15.6. The summed E-state index contributed by atoms with van der Waals surface area (Å²) >= 11 is 12.1. The molecule has 0 radical (unpaired) electrons. The Morgan fingerprint density at radius 2 is 1.90 bits per heavy atom. The predicted molar refractivity (Wildman–Crippen MR) is 79.8 cm³/mol. The van der Waals surface area contributed by atoms with Crippen LogP contribution in [0, 0.1) is 5.82 Å². The van der Waals surface area contributed by atoms with E-state index in [1.807, 2.05) is 13.8 Å². The summed E-state index contributed by atoms with van der Waals surface area (Å²) in [5.41, 5.74) is 0.382. The zero-order valence-electron chi connectivity index (χ0n) is 11.7. The first kappa shape index (κ1) is 15.8. The number of aromatic nitrogens is 2. The summed E-state index contributed by atoms with van der Waals surface area (Å²) in [4.78, 5) is 7.86. The normalized spacial score (nSPS) is 10.8. The molecule has 0 saturated carbocycles. The smallest absolute Gasteiger partial charge is 0.236 e. The second-order valence-corrected chi connectivity index (χ2v) is 5.26. The Bertz CT molecular complexity index is 666. The Kier molecular flexibility index (Phi) is 4.85. The van der Waals surface area contributed by atoms with Crippen molar-refractivity contribution in [2.45, 2.75) is 20.0 Å². The van der Waals surface area contributed by atoms with Crippen LogP contribution in [0.25, 0.3) is 11.3 Å². The predicted octanol–water partition coefficient (Wildman–Crippen LogP) is 4.39. The van der Waals surface area contributed by atoms with Gasteiger partial charge in [0.05, 0.1) is 23.9 Å². The molecule has 4 nitrogen and oxygen atoms in total. The van der Waals surface area contributed by atoms with Gasteiger partial charge in [0.1, 0.15) is 22.9 Å². The van der Waals surface area contributed by atoms with Crippen molar-refractivity contribution in [3.05, 3.63) is 34.3 Å². The fourth-order valence-corrected chi connectivity index (χ4v) is 2.21. The number of rotatable bonds is 4. The molecule has 112 valence electrons. The largest absolute Gasteiger partial charge is 0.489 e. The van der Waals surface area contributed by atoms with Crippen LogP contribution < -0.4 is 9.47 Å². The molecular formula is C14H13Cl2FN2O2. The first-order valence-corrected chi connectivity index (χ1v) is 6.90. The Labute approximate surface area is 131 Å². The molecule has 0 amide bonds. The van der Waals surface area contributed by atoms with Gasteiger partial charge in [-0.05, 0) is 26.0 Å². The summed E-state index contributed by atoms with van der Waals surface area (Å²) in [6, 6.07) is 2.63. The molecule has 0 aliphatic carbocycles. The van der Waals surface area contributed by atoms with Crippen LogP contribution >= 0.6 is 23.2 Å². The molecule has 0 spiro atoms. The van der Waals surface area contributed by atoms with Crippen LogP contribution in [-0.2, 0) is 0 Å². The van der Waals surface area contributed by atoms with Crippen LogP contribution in [0.2, 0.25) is 10.0 Å². The van der Waals surface area contributed by atoms with Gasteiger partial charge in [0, 0.05) is 5.56 Å². The fourth-order valence-electron chi connectivity index (χ4n) is 1.74. The molecule has 0 bridgehead atoms. The lowest BCUT2D eigenvalue weighted by Gasteiger charge is -2.14. The molecule has 1 aromatic heterocycles. The number of nitrogens with zero attached hydrogens (tertiary/aromatic N) is 2. The highest BCUT2D eigenvalue weighted by atomic mass is 35.5. The van der Waals surface area contributed by atoms with Gasteiger partial charge in [-0.2, -0.15) is 0 Å². The Morgan fingerprint density at radius 1 is 1.19 bits per heavy atom. The average molecular weight is 331 g/mol. The first-order valence-electron chi connectivity index (χ1n) is 6.14. The van der Waals surface area contributed by atoms with Crippen molar-refractivity contribution in [1.82, 2.24) is 9.97 Å². The molecule has 2 rings (SSSR count). The van der Waals surface area contributed by atoms with Crippen molar-refractivity contribution in [1.29, 1.82) is 0 Å². The SMILES string of the molecule is COc1ncnc(-c2cc(OC(C)C)c(Cl)cc2F)c1Cl. The van der Waals surface area contributed by atoms with E-state index in [1.54, 1.807) is 0 Å². The van der Waals surface area contributed by atoms with Crippen LogP contribution in [0.1, 0.15) is 13.8 Å². The van der Waals surface area contributed by atoms with Gasteiger partial charge in [-0.15, -0.1) is 0 Å². The van der Waals surface area contributed by atoms with Gasteiger partial charge >= 0.3 is 0 Å². The summed E-state index contributed by atoms with van der Waals surface area (Å²) in [6.07, 6.45) is 1.15. The molecule has 1 heterocycles. The molecule has 0 aliphatic rings. The van der Waals surface area contributed by atoms with Crippen LogP contribution in [-0.4, -0.2) is 23.2 Å². The van der Waals surface area contributed by atoms with Gasteiger partial charge in [0.15, 0.2) is 0 Å². The third-order valence-electron chi connectivity index (χ3n) is 2.59. The highest BCUT2D eigenvalue weighted by Gasteiger charge is 2.18. The summed E-state index contributed by atoms with van der Waals surface area (Å²) in [7, 11) is 1.42. The van der Waals surface area contributed by atoms with Gasteiger partial charge in [-0.1, -0.05) is 23.2 Å². The van der Waals surface area contributed by atoms with Gasteiger partial charge in [-0.25, -0.2) is 14.4 Å². The minimum atomic E-state index is -0.557. The first-order chi connectivity index (χ1) is 9.93. The minimum Gasteiger partial charge on any atom is -0.489 e. The zero-order valence-corrected chi connectivity index (χ0v) is 13.2. The molecule has 7 heteroatoms. The summed E-state index contributed by atoms with van der Waals surface area (Å²) in [6.45, 7) is 3.69. The summed E-state index contributed by atoms with van der Waals surface area (Å²) < 4.78 is 24.7. The fraction of sp³-hybridized carbons (Fsp3) is 0.286. The third-order valence-corrected chi connectivity index (χ3v) is 3.23. The Morgan fingerprint density at radius 3 is 2.52 bits per heavy atom. The lowest BCUT2D eigenvalue weighted by molar-refractivity contribution is 0.242. The van der Waals surface area contributed by atoms with E-state index >= 15 is 0 Å². The molecule has 0 fully saturated rings. The highest BCUT2D eigenvalue weighted by molar-refractivity contribution is 6.34. The van der Waals surface area contributed by atoms with Gasteiger partial charge in [0.25, 0.3) is 0 Å². The minimum absolute atomic E-state index is 0.101. The van der Waals surface area contributed by atoms with E-state index < -0.39 is 5.82 Å². The quantitative estimate of drug-likeness (QED) is 0.834. The maximum Gasteiger partial charge on any atom is 0.236 e.